The fourth-order valence-corrected chi connectivity index (χ4v) is 3.21. The third-order valence-electron chi connectivity index (χ3n) is 2.78. The highest BCUT2D eigenvalue weighted by Crippen LogP contribution is 2.30. The van der Waals surface area contributed by atoms with E-state index in [9.17, 15) is 4.39 Å². The van der Waals surface area contributed by atoms with Gasteiger partial charge in [0, 0.05) is 10.2 Å². The van der Waals surface area contributed by atoms with Gasteiger partial charge < -0.3 is 5.32 Å². The van der Waals surface area contributed by atoms with Crippen LogP contribution in [0, 0.1) is 12.7 Å². The smallest absolute Gasteiger partial charge is 0.188 e. The standard InChI is InChI=1S/C14H10BrFN2S/c1-8-6-9(15)2-4-11(8)17-14-18-12-5-3-10(16)7-13(12)19-14/h2-7H,1H3,(H,17,18). The molecule has 19 heavy (non-hydrogen) atoms. The Morgan fingerprint density at radius 3 is 2.84 bits per heavy atom. The zero-order valence-corrected chi connectivity index (χ0v) is 12.5. The van der Waals surface area contributed by atoms with E-state index in [2.05, 4.69) is 26.2 Å². The fraction of sp³-hybridized carbons (Fsp3) is 0.0714. The van der Waals surface area contributed by atoms with Crippen LogP contribution in [0.2, 0.25) is 0 Å². The summed E-state index contributed by atoms with van der Waals surface area (Å²) in [7, 11) is 0. The summed E-state index contributed by atoms with van der Waals surface area (Å²) >= 11 is 4.88. The molecule has 3 rings (SSSR count). The van der Waals surface area contributed by atoms with Crippen LogP contribution in [0.3, 0.4) is 0 Å². The minimum absolute atomic E-state index is 0.234. The molecule has 0 fully saturated rings. The summed E-state index contributed by atoms with van der Waals surface area (Å²) in [5.74, 6) is -0.234. The van der Waals surface area contributed by atoms with E-state index in [-0.39, 0.29) is 5.82 Å². The second-order valence-electron chi connectivity index (χ2n) is 4.22. The van der Waals surface area contributed by atoms with E-state index < -0.39 is 0 Å². The van der Waals surface area contributed by atoms with Crippen LogP contribution in [0.15, 0.2) is 40.9 Å². The quantitative estimate of drug-likeness (QED) is 0.691. The average Bonchev–Trinajstić information content (AvgIpc) is 2.74. The highest BCUT2D eigenvalue weighted by atomic mass is 79.9. The van der Waals surface area contributed by atoms with Gasteiger partial charge in [-0.3, -0.25) is 0 Å². The molecule has 0 amide bonds. The number of benzene rings is 2. The molecule has 0 unspecified atom stereocenters. The molecule has 0 saturated carbocycles. The number of nitrogens with one attached hydrogen (secondary N) is 1. The number of aromatic nitrogens is 1. The van der Waals surface area contributed by atoms with Crippen LogP contribution in [0.4, 0.5) is 15.2 Å². The Morgan fingerprint density at radius 2 is 2.05 bits per heavy atom. The lowest BCUT2D eigenvalue weighted by atomic mass is 10.2. The molecule has 0 spiro atoms. The first-order valence-corrected chi connectivity index (χ1v) is 7.32. The SMILES string of the molecule is Cc1cc(Br)ccc1Nc1nc2ccc(F)cc2s1. The molecule has 0 aliphatic carbocycles. The molecular weight excluding hydrogens is 327 g/mol. The van der Waals surface area contributed by atoms with Gasteiger partial charge in [-0.1, -0.05) is 27.3 Å². The van der Waals surface area contributed by atoms with Crippen LogP contribution in [0.5, 0.6) is 0 Å². The summed E-state index contributed by atoms with van der Waals surface area (Å²) in [5.41, 5.74) is 2.94. The summed E-state index contributed by atoms with van der Waals surface area (Å²) in [4.78, 5) is 4.44. The van der Waals surface area contributed by atoms with Crippen molar-refractivity contribution < 1.29 is 4.39 Å². The zero-order chi connectivity index (χ0) is 13.4. The van der Waals surface area contributed by atoms with Crippen molar-refractivity contribution in [1.29, 1.82) is 0 Å². The highest BCUT2D eigenvalue weighted by molar-refractivity contribution is 9.10. The van der Waals surface area contributed by atoms with Crippen LogP contribution < -0.4 is 5.32 Å². The summed E-state index contributed by atoms with van der Waals surface area (Å²) in [5, 5.41) is 4.04. The Morgan fingerprint density at radius 1 is 1.21 bits per heavy atom. The molecule has 5 heteroatoms. The molecule has 96 valence electrons. The first kappa shape index (κ1) is 12.6. The lowest BCUT2D eigenvalue weighted by Crippen LogP contribution is -1.91. The number of rotatable bonds is 2. The van der Waals surface area contributed by atoms with Crippen molar-refractivity contribution >= 4 is 48.3 Å². The van der Waals surface area contributed by atoms with Gasteiger partial charge in [-0.2, -0.15) is 0 Å². The minimum Gasteiger partial charge on any atom is -0.331 e. The maximum absolute atomic E-state index is 13.1. The monoisotopic (exact) mass is 336 g/mol. The molecule has 2 aromatic carbocycles. The van der Waals surface area contributed by atoms with Gasteiger partial charge >= 0.3 is 0 Å². The van der Waals surface area contributed by atoms with E-state index in [0.29, 0.717) is 0 Å². The van der Waals surface area contributed by atoms with Crippen molar-refractivity contribution in [3.05, 3.63) is 52.3 Å². The molecule has 1 heterocycles. The van der Waals surface area contributed by atoms with Gasteiger partial charge in [0.2, 0.25) is 0 Å². The molecule has 0 aliphatic rings. The summed E-state index contributed by atoms with van der Waals surface area (Å²) in [6, 6.07) is 10.6. The van der Waals surface area contributed by atoms with E-state index in [4.69, 9.17) is 0 Å². The predicted octanol–water partition coefficient (Wildman–Crippen LogP) is 5.25. The van der Waals surface area contributed by atoms with Gasteiger partial charge in [0.05, 0.1) is 10.2 Å². The Hall–Kier alpha value is -1.46. The molecule has 0 bridgehead atoms. The number of aryl methyl sites for hydroxylation is 1. The zero-order valence-electron chi connectivity index (χ0n) is 10.1. The van der Waals surface area contributed by atoms with Crippen molar-refractivity contribution in [2.75, 3.05) is 5.32 Å². The van der Waals surface area contributed by atoms with Crippen molar-refractivity contribution in [2.24, 2.45) is 0 Å². The third-order valence-corrected chi connectivity index (χ3v) is 4.21. The number of nitrogens with zero attached hydrogens (tertiary/aromatic N) is 1. The molecular formula is C14H10BrFN2S. The molecule has 0 atom stereocenters. The van der Waals surface area contributed by atoms with Crippen LogP contribution >= 0.6 is 27.3 Å². The number of hydrogen-bond donors (Lipinski definition) is 1. The van der Waals surface area contributed by atoms with E-state index in [0.717, 1.165) is 31.1 Å². The predicted molar refractivity (Wildman–Crippen MR) is 81.7 cm³/mol. The molecule has 1 aromatic heterocycles. The van der Waals surface area contributed by atoms with Gasteiger partial charge in [0.15, 0.2) is 5.13 Å². The van der Waals surface area contributed by atoms with Gasteiger partial charge in [-0.05, 0) is 48.9 Å². The van der Waals surface area contributed by atoms with Gasteiger partial charge in [-0.15, -0.1) is 0 Å². The molecule has 0 aliphatic heterocycles. The molecule has 0 radical (unpaired) electrons. The van der Waals surface area contributed by atoms with E-state index in [1.165, 1.54) is 23.5 Å². The Balaban J connectivity index is 1.96. The minimum atomic E-state index is -0.234. The van der Waals surface area contributed by atoms with Gasteiger partial charge in [0.25, 0.3) is 0 Å². The van der Waals surface area contributed by atoms with Crippen molar-refractivity contribution in [3.8, 4) is 0 Å². The summed E-state index contributed by atoms with van der Waals surface area (Å²) in [6.07, 6.45) is 0. The second kappa shape index (κ2) is 4.90. The number of fused-ring (bicyclic) bond motifs is 1. The second-order valence-corrected chi connectivity index (χ2v) is 6.16. The first-order chi connectivity index (χ1) is 9.11. The van der Waals surface area contributed by atoms with Crippen molar-refractivity contribution in [2.45, 2.75) is 6.92 Å². The highest BCUT2D eigenvalue weighted by Gasteiger charge is 2.06. The normalized spacial score (nSPS) is 10.9. The van der Waals surface area contributed by atoms with Crippen molar-refractivity contribution in [3.63, 3.8) is 0 Å². The maximum Gasteiger partial charge on any atom is 0.188 e. The van der Waals surface area contributed by atoms with E-state index in [1.807, 2.05) is 25.1 Å². The largest absolute Gasteiger partial charge is 0.331 e. The number of hydrogen-bond acceptors (Lipinski definition) is 3. The molecule has 1 N–H and O–H groups in total. The Kier molecular flexibility index (Phi) is 3.24. The number of anilines is 2. The molecule has 2 nitrogen and oxygen atoms in total. The summed E-state index contributed by atoms with van der Waals surface area (Å²) < 4.78 is 15.0. The van der Waals surface area contributed by atoms with Gasteiger partial charge in [-0.25, -0.2) is 9.37 Å². The Labute approximate surface area is 122 Å². The van der Waals surface area contributed by atoms with Crippen molar-refractivity contribution in [1.82, 2.24) is 4.98 Å². The van der Waals surface area contributed by atoms with Crippen LogP contribution in [0.25, 0.3) is 10.2 Å². The first-order valence-electron chi connectivity index (χ1n) is 5.71. The van der Waals surface area contributed by atoms with E-state index in [1.54, 1.807) is 6.07 Å². The van der Waals surface area contributed by atoms with Crippen LogP contribution in [-0.4, -0.2) is 4.98 Å². The van der Waals surface area contributed by atoms with E-state index >= 15 is 0 Å². The van der Waals surface area contributed by atoms with Gasteiger partial charge in [0.1, 0.15) is 5.82 Å². The van der Waals surface area contributed by atoms with Crippen LogP contribution in [-0.2, 0) is 0 Å². The lowest BCUT2D eigenvalue weighted by Gasteiger charge is -2.06. The number of halogens is 2. The molecule has 3 aromatic rings. The summed E-state index contributed by atoms with van der Waals surface area (Å²) in [6.45, 7) is 2.03. The number of thiazole rings is 1. The third kappa shape index (κ3) is 2.62. The fourth-order valence-electron chi connectivity index (χ4n) is 1.83. The van der Waals surface area contributed by atoms with Crippen LogP contribution in [0.1, 0.15) is 5.56 Å². The average molecular weight is 337 g/mol. The Bertz CT molecular complexity index is 754. The topological polar surface area (TPSA) is 24.9 Å². The maximum atomic E-state index is 13.1. The molecule has 0 saturated heterocycles. The lowest BCUT2D eigenvalue weighted by molar-refractivity contribution is 0.630.